The largest absolute Gasteiger partial charge is 0.497 e. The van der Waals surface area contributed by atoms with Crippen molar-refractivity contribution in [2.24, 2.45) is 0 Å². The van der Waals surface area contributed by atoms with E-state index in [0.29, 0.717) is 22.6 Å². The average molecular weight is 363 g/mol. The first-order valence-electron chi connectivity index (χ1n) is 9.11. The Bertz CT molecular complexity index is 998. The Labute approximate surface area is 160 Å². The number of Topliss-reactive ketones (excluding diaryl/α,β-unsaturated/α-hetero) is 1. The van der Waals surface area contributed by atoms with Gasteiger partial charge >= 0.3 is 0 Å². The minimum atomic E-state index is -0.0746. The van der Waals surface area contributed by atoms with Crippen LogP contribution in [0.1, 0.15) is 36.2 Å². The second-order valence-electron chi connectivity index (χ2n) is 6.55. The molecule has 0 amide bonds. The van der Waals surface area contributed by atoms with Gasteiger partial charge in [-0.15, -0.1) is 0 Å². The van der Waals surface area contributed by atoms with Crippen molar-refractivity contribution in [3.8, 4) is 11.5 Å². The van der Waals surface area contributed by atoms with Gasteiger partial charge in [0.25, 0.3) is 0 Å². The van der Waals surface area contributed by atoms with E-state index < -0.39 is 0 Å². The number of hydrogen-bond donors (Lipinski definition) is 0. The molecule has 0 bridgehead atoms. The Morgan fingerprint density at radius 2 is 1.89 bits per heavy atom. The minimum Gasteiger partial charge on any atom is -0.497 e. The Morgan fingerprint density at radius 1 is 1.07 bits per heavy atom. The third kappa shape index (κ3) is 3.90. The van der Waals surface area contributed by atoms with Crippen LogP contribution in [0.15, 0.2) is 54.2 Å². The van der Waals surface area contributed by atoms with E-state index in [4.69, 9.17) is 9.47 Å². The smallest absolute Gasteiger partial charge is 0.192 e. The molecule has 0 aliphatic heterocycles. The Balaban J connectivity index is 1.93. The van der Waals surface area contributed by atoms with Crippen molar-refractivity contribution >= 4 is 22.8 Å². The van der Waals surface area contributed by atoms with Crippen LogP contribution in [0.4, 0.5) is 0 Å². The summed E-state index contributed by atoms with van der Waals surface area (Å²) in [6.45, 7) is 5.00. The predicted octanol–water partition coefficient (Wildman–Crippen LogP) is 5.35. The molecular weight excluding hydrogens is 338 g/mol. The zero-order valence-corrected chi connectivity index (χ0v) is 16.3. The maximum absolute atomic E-state index is 12.9. The Kier molecular flexibility index (Phi) is 5.65. The number of ketones is 1. The van der Waals surface area contributed by atoms with E-state index >= 15 is 0 Å². The third-order valence-corrected chi connectivity index (χ3v) is 4.65. The molecule has 0 aliphatic rings. The fraction of sp³-hybridized carbons (Fsp3) is 0.261. The molecule has 0 atom stereocenters. The van der Waals surface area contributed by atoms with Crippen molar-refractivity contribution < 1.29 is 14.3 Å². The van der Waals surface area contributed by atoms with Gasteiger partial charge in [-0.1, -0.05) is 13.0 Å². The summed E-state index contributed by atoms with van der Waals surface area (Å²) in [5.41, 5.74) is 3.37. The monoisotopic (exact) mass is 363 g/mol. The summed E-state index contributed by atoms with van der Waals surface area (Å²) in [5.74, 6) is 1.10. The summed E-state index contributed by atoms with van der Waals surface area (Å²) in [6, 6.07) is 13.6. The maximum atomic E-state index is 12.9. The van der Waals surface area contributed by atoms with Crippen LogP contribution in [0, 0.1) is 0 Å². The summed E-state index contributed by atoms with van der Waals surface area (Å²) < 4.78 is 12.8. The van der Waals surface area contributed by atoms with Gasteiger partial charge in [0.1, 0.15) is 11.5 Å². The van der Waals surface area contributed by atoms with Crippen LogP contribution in [0.2, 0.25) is 0 Å². The summed E-state index contributed by atoms with van der Waals surface area (Å²) >= 11 is 0. The van der Waals surface area contributed by atoms with E-state index in [-0.39, 0.29) is 5.78 Å². The highest BCUT2D eigenvalue weighted by atomic mass is 16.5. The van der Waals surface area contributed by atoms with E-state index in [0.717, 1.165) is 18.5 Å². The van der Waals surface area contributed by atoms with Crippen molar-refractivity contribution in [2.45, 2.75) is 26.8 Å². The minimum absolute atomic E-state index is 0.0746. The maximum Gasteiger partial charge on any atom is 0.192 e. The summed E-state index contributed by atoms with van der Waals surface area (Å²) in [4.78, 5) is 12.9. The lowest BCUT2D eigenvalue weighted by molar-refractivity contribution is 0.103. The van der Waals surface area contributed by atoms with Crippen LogP contribution >= 0.6 is 0 Å². The molecule has 4 nitrogen and oxygen atoms in total. The number of aryl methyl sites for hydroxylation is 1. The van der Waals surface area contributed by atoms with E-state index in [1.807, 2.05) is 19.1 Å². The lowest BCUT2D eigenvalue weighted by Gasteiger charge is -2.10. The Hall–Kier alpha value is -3.01. The molecule has 0 unspecified atom stereocenters. The van der Waals surface area contributed by atoms with Crippen molar-refractivity contribution in [2.75, 3.05) is 14.2 Å². The summed E-state index contributed by atoms with van der Waals surface area (Å²) in [5, 5.41) is 1.18. The van der Waals surface area contributed by atoms with Crippen molar-refractivity contribution in [3.63, 3.8) is 0 Å². The first-order chi connectivity index (χ1) is 13.1. The number of hydrogen-bond acceptors (Lipinski definition) is 3. The first kappa shape index (κ1) is 18.8. The molecule has 0 N–H and O–H groups in total. The molecule has 0 spiro atoms. The number of fused-ring (bicyclic) bond motifs is 1. The number of methoxy groups -OCH3 is 2. The molecule has 1 aromatic heterocycles. The lowest BCUT2D eigenvalue weighted by atomic mass is 10.0. The van der Waals surface area contributed by atoms with Gasteiger partial charge < -0.3 is 14.0 Å². The number of nitrogens with zero attached hydrogens (tertiary/aromatic N) is 1. The molecule has 1 heterocycles. The number of rotatable bonds is 7. The molecule has 140 valence electrons. The number of ether oxygens (including phenoxy) is 2. The molecule has 27 heavy (non-hydrogen) atoms. The first-order valence-corrected chi connectivity index (χ1v) is 9.11. The fourth-order valence-corrected chi connectivity index (χ4v) is 3.26. The number of benzene rings is 2. The van der Waals surface area contributed by atoms with Gasteiger partial charge in [-0.3, -0.25) is 4.79 Å². The number of aromatic nitrogens is 1. The molecule has 2 aromatic carbocycles. The Morgan fingerprint density at radius 3 is 2.59 bits per heavy atom. The standard InChI is InChI=1S/C23H25NO3/c1-5-11-24-12-10-18-14-17(6-8-21(18)24)13-16(2)23(25)20-15-19(26-3)7-9-22(20)27-4/h6-10,12-15H,5,11H2,1-4H3/b16-13+. The van der Waals surface area contributed by atoms with Gasteiger partial charge in [0, 0.05) is 23.6 Å². The van der Waals surface area contributed by atoms with Crippen LogP contribution in [0.3, 0.4) is 0 Å². The van der Waals surface area contributed by atoms with E-state index in [2.05, 4.69) is 35.9 Å². The zero-order valence-electron chi connectivity index (χ0n) is 16.3. The summed E-state index contributed by atoms with van der Waals surface area (Å²) in [7, 11) is 3.14. The van der Waals surface area contributed by atoms with Crippen LogP contribution in [0.25, 0.3) is 17.0 Å². The zero-order chi connectivity index (χ0) is 19.4. The quantitative estimate of drug-likeness (QED) is 0.419. The fourth-order valence-electron chi connectivity index (χ4n) is 3.26. The SMILES string of the molecule is CCCn1ccc2cc(/C=C(\C)C(=O)c3cc(OC)ccc3OC)ccc21. The van der Waals surface area contributed by atoms with Crippen LogP contribution in [-0.4, -0.2) is 24.6 Å². The van der Waals surface area contributed by atoms with Crippen LogP contribution < -0.4 is 9.47 Å². The van der Waals surface area contributed by atoms with Crippen LogP contribution in [0.5, 0.6) is 11.5 Å². The molecule has 0 saturated heterocycles. The highest BCUT2D eigenvalue weighted by molar-refractivity contribution is 6.12. The van der Waals surface area contributed by atoms with Crippen molar-refractivity contribution in [1.82, 2.24) is 4.57 Å². The average Bonchev–Trinajstić information content (AvgIpc) is 3.09. The highest BCUT2D eigenvalue weighted by Gasteiger charge is 2.15. The van der Waals surface area contributed by atoms with Gasteiger partial charge in [-0.2, -0.15) is 0 Å². The normalized spacial score (nSPS) is 11.6. The van der Waals surface area contributed by atoms with Crippen molar-refractivity contribution in [3.05, 3.63) is 65.4 Å². The van der Waals surface area contributed by atoms with E-state index in [1.165, 1.54) is 10.9 Å². The predicted molar refractivity (Wildman–Crippen MR) is 110 cm³/mol. The van der Waals surface area contributed by atoms with Gasteiger partial charge in [0.15, 0.2) is 5.78 Å². The van der Waals surface area contributed by atoms with Gasteiger partial charge in [-0.05, 0) is 67.0 Å². The third-order valence-electron chi connectivity index (χ3n) is 4.65. The number of carbonyl (C=O) groups excluding carboxylic acids is 1. The van der Waals surface area contributed by atoms with Crippen LogP contribution in [-0.2, 0) is 6.54 Å². The number of carbonyl (C=O) groups is 1. The second-order valence-corrected chi connectivity index (χ2v) is 6.55. The van der Waals surface area contributed by atoms with E-state index in [9.17, 15) is 4.79 Å². The molecular formula is C23H25NO3. The van der Waals surface area contributed by atoms with Gasteiger partial charge in [0.05, 0.1) is 19.8 Å². The highest BCUT2D eigenvalue weighted by Crippen LogP contribution is 2.27. The second kappa shape index (κ2) is 8.12. The van der Waals surface area contributed by atoms with Gasteiger partial charge in [0.2, 0.25) is 0 Å². The molecule has 0 radical (unpaired) electrons. The van der Waals surface area contributed by atoms with E-state index in [1.54, 1.807) is 32.4 Å². The lowest BCUT2D eigenvalue weighted by Crippen LogP contribution is -2.04. The molecule has 0 saturated carbocycles. The molecule has 3 rings (SSSR count). The molecule has 0 fully saturated rings. The van der Waals surface area contributed by atoms with Gasteiger partial charge in [-0.25, -0.2) is 0 Å². The molecule has 0 aliphatic carbocycles. The van der Waals surface area contributed by atoms with Crippen molar-refractivity contribution in [1.29, 1.82) is 0 Å². The molecule has 3 aromatic rings. The topological polar surface area (TPSA) is 40.5 Å². The number of allylic oxidation sites excluding steroid dienone is 1. The summed E-state index contributed by atoms with van der Waals surface area (Å²) in [6.07, 6.45) is 5.13. The molecule has 4 heteroatoms.